The number of hydrogen-bond donors (Lipinski definition) is 1. The first-order chi connectivity index (χ1) is 13.7. The van der Waals surface area contributed by atoms with E-state index in [2.05, 4.69) is 10.3 Å². The fourth-order valence-electron chi connectivity index (χ4n) is 3.05. The largest absolute Gasteiger partial charge is 0.325 e. The number of carbonyl (C=O) groups excluding carboxylic acids is 1. The lowest BCUT2D eigenvalue weighted by Gasteiger charge is -2.10. The molecule has 0 fully saturated rings. The molecule has 1 heterocycles. The zero-order chi connectivity index (χ0) is 19.3. The number of amides is 1. The maximum Gasteiger partial charge on any atom is 0.244 e. The van der Waals surface area contributed by atoms with Gasteiger partial charge in [-0.15, -0.1) is 0 Å². The lowest BCUT2D eigenvalue weighted by atomic mass is 10.3. The summed E-state index contributed by atoms with van der Waals surface area (Å²) in [6, 6.07) is 26.3. The SMILES string of the molecule is O=C(Cn1c(C[S@](=O)c2ccccc2)nc2ccccc21)Nc1ccccc1. The summed E-state index contributed by atoms with van der Waals surface area (Å²) in [4.78, 5) is 18.0. The average Bonchev–Trinajstić information content (AvgIpc) is 3.06. The maximum absolute atomic E-state index is 12.8. The maximum atomic E-state index is 12.8. The molecule has 5 nitrogen and oxygen atoms in total. The highest BCUT2D eigenvalue weighted by atomic mass is 32.2. The molecule has 0 aliphatic rings. The Kier molecular flexibility index (Phi) is 5.30. The van der Waals surface area contributed by atoms with E-state index in [4.69, 9.17) is 0 Å². The highest BCUT2D eigenvalue weighted by Crippen LogP contribution is 2.19. The molecule has 0 radical (unpaired) electrons. The number of benzene rings is 3. The molecule has 0 saturated carbocycles. The standard InChI is InChI=1S/C22H19N3O2S/c26-22(23-17-9-3-1-4-10-17)15-25-20-14-8-7-13-19(20)24-21(25)16-28(27)18-11-5-2-6-12-18/h1-14H,15-16H2,(H,23,26)/t28-/m0/s1. The first-order valence-corrected chi connectivity index (χ1v) is 10.2. The van der Waals surface area contributed by atoms with E-state index in [0.29, 0.717) is 5.82 Å². The van der Waals surface area contributed by atoms with E-state index in [-0.39, 0.29) is 18.2 Å². The van der Waals surface area contributed by atoms with Gasteiger partial charge in [-0.3, -0.25) is 9.00 Å². The molecule has 1 amide bonds. The van der Waals surface area contributed by atoms with Gasteiger partial charge in [-0.05, 0) is 36.4 Å². The van der Waals surface area contributed by atoms with Gasteiger partial charge in [-0.1, -0.05) is 48.5 Å². The number of hydrogen-bond acceptors (Lipinski definition) is 3. The van der Waals surface area contributed by atoms with Crippen molar-refractivity contribution in [2.45, 2.75) is 17.2 Å². The molecule has 4 aromatic rings. The van der Waals surface area contributed by atoms with Crippen LogP contribution in [0.3, 0.4) is 0 Å². The summed E-state index contributed by atoms with van der Waals surface area (Å²) < 4.78 is 14.6. The summed E-state index contributed by atoms with van der Waals surface area (Å²) in [5, 5.41) is 2.89. The molecule has 6 heteroatoms. The van der Waals surface area contributed by atoms with Crippen molar-refractivity contribution < 1.29 is 9.00 Å². The first-order valence-electron chi connectivity index (χ1n) is 8.93. The minimum absolute atomic E-state index is 0.108. The van der Waals surface area contributed by atoms with Crippen LogP contribution >= 0.6 is 0 Å². The predicted molar refractivity (Wildman–Crippen MR) is 111 cm³/mol. The van der Waals surface area contributed by atoms with Gasteiger partial charge in [0.25, 0.3) is 0 Å². The van der Waals surface area contributed by atoms with Gasteiger partial charge in [-0.25, -0.2) is 4.98 Å². The second-order valence-corrected chi connectivity index (χ2v) is 7.77. The Morgan fingerprint density at radius 1 is 0.893 bits per heavy atom. The average molecular weight is 389 g/mol. The minimum Gasteiger partial charge on any atom is -0.325 e. The molecule has 1 aromatic heterocycles. The monoisotopic (exact) mass is 389 g/mol. The molecule has 0 aliphatic carbocycles. The number of fused-ring (bicyclic) bond motifs is 1. The summed E-state index contributed by atoms with van der Waals surface area (Å²) in [6.45, 7) is 0.108. The number of carbonyl (C=O) groups is 1. The number of rotatable bonds is 6. The fourth-order valence-corrected chi connectivity index (χ4v) is 4.13. The van der Waals surface area contributed by atoms with Gasteiger partial charge in [0, 0.05) is 10.6 Å². The van der Waals surface area contributed by atoms with Crippen LogP contribution in [0.1, 0.15) is 5.82 Å². The molecule has 4 rings (SSSR count). The normalized spacial score (nSPS) is 12.0. The van der Waals surface area contributed by atoms with Crippen LogP contribution in [0.4, 0.5) is 5.69 Å². The van der Waals surface area contributed by atoms with E-state index in [0.717, 1.165) is 21.6 Å². The van der Waals surface area contributed by atoms with Crippen molar-refractivity contribution in [3.63, 3.8) is 0 Å². The van der Waals surface area contributed by atoms with E-state index < -0.39 is 10.8 Å². The number of nitrogens with one attached hydrogen (secondary N) is 1. The zero-order valence-electron chi connectivity index (χ0n) is 15.1. The van der Waals surface area contributed by atoms with E-state index in [1.165, 1.54) is 0 Å². The van der Waals surface area contributed by atoms with Crippen molar-refractivity contribution >= 4 is 33.4 Å². The molecule has 0 spiro atoms. The van der Waals surface area contributed by atoms with Crippen LogP contribution in [-0.4, -0.2) is 19.7 Å². The second-order valence-electron chi connectivity index (χ2n) is 6.32. The quantitative estimate of drug-likeness (QED) is 0.542. The van der Waals surface area contributed by atoms with Gasteiger partial charge in [0.2, 0.25) is 5.91 Å². The Morgan fingerprint density at radius 2 is 1.54 bits per heavy atom. The van der Waals surface area contributed by atoms with Gasteiger partial charge in [0.05, 0.1) is 27.6 Å². The van der Waals surface area contributed by atoms with Crippen LogP contribution in [0.15, 0.2) is 89.8 Å². The van der Waals surface area contributed by atoms with E-state index in [1.54, 1.807) is 0 Å². The third-order valence-electron chi connectivity index (χ3n) is 4.36. The Bertz CT molecular complexity index is 1120. The Balaban J connectivity index is 1.62. The van der Waals surface area contributed by atoms with E-state index >= 15 is 0 Å². The summed E-state index contributed by atoms with van der Waals surface area (Å²) >= 11 is 0. The molecule has 0 aliphatic heterocycles. The fraction of sp³-hybridized carbons (Fsp3) is 0.0909. The van der Waals surface area contributed by atoms with Crippen LogP contribution in [-0.2, 0) is 27.9 Å². The number of nitrogens with zero attached hydrogens (tertiary/aromatic N) is 2. The summed E-state index contributed by atoms with van der Waals surface area (Å²) in [5.41, 5.74) is 2.38. The van der Waals surface area contributed by atoms with Gasteiger partial charge >= 0.3 is 0 Å². The zero-order valence-corrected chi connectivity index (χ0v) is 15.9. The van der Waals surface area contributed by atoms with Crippen molar-refractivity contribution in [3.8, 4) is 0 Å². The molecule has 0 saturated heterocycles. The summed E-state index contributed by atoms with van der Waals surface area (Å²) in [5.74, 6) is 0.727. The molecule has 0 unspecified atom stereocenters. The van der Waals surface area contributed by atoms with Gasteiger partial charge in [0.15, 0.2) is 0 Å². The van der Waals surface area contributed by atoms with Crippen LogP contribution in [0.2, 0.25) is 0 Å². The molecular weight excluding hydrogens is 370 g/mol. The number of aromatic nitrogens is 2. The Morgan fingerprint density at radius 3 is 2.29 bits per heavy atom. The topological polar surface area (TPSA) is 64.0 Å². The summed E-state index contributed by atoms with van der Waals surface area (Å²) in [6.07, 6.45) is 0. The predicted octanol–water partition coefficient (Wildman–Crippen LogP) is 3.98. The molecule has 1 atom stereocenters. The smallest absolute Gasteiger partial charge is 0.244 e. The van der Waals surface area contributed by atoms with Crippen molar-refractivity contribution in [1.82, 2.24) is 9.55 Å². The van der Waals surface area contributed by atoms with E-state index in [9.17, 15) is 9.00 Å². The molecular formula is C22H19N3O2S. The van der Waals surface area contributed by atoms with Crippen molar-refractivity contribution in [3.05, 3.63) is 90.8 Å². The highest BCUT2D eigenvalue weighted by molar-refractivity contribution is 7.84. The minimum atomic E-state index is -1.24. The third-order valence-corrected chi connectivity index (χ3v) is 5.68. The van der Waals surface area contributed by atoms with Crippen molar-refractivity contribution in [2.75, 3.05) is 5.32 Å². The van der Waals surface area contributed by atoms with Gasteiger partial charge < -0.3 is 9.88 Å². The third kappa shape index (κ3) is 4.02. The van der Waals surface area contributed by atoms with Crippen molar-refractivity contribution in [1.29, 1.82) is 0 Å². The van der Waals surface area contributed by atoms with Crippen molar-refractivity contribution in [2.24, 2.45) is 0 Å². The van der Waals surface area contributed by atoms with Gasteiger partial charge in [0.1, 0.15) is 12.4 Å². The molecule has 0 bridgehead atoms. The number of para-hydroxylation sites is 3. The number of imidazole rings is 1. The van der Waals surface area contributed by atoms with Crippen LogP contribution in [0.25, 0.3) is 11.0 Å². The Labute approximate surface area is 165 Å². The van der Waals surface area contributed by atoms with Gasteiger partial charge in [-0.2, -0.15) is 0 Å². The first kappa shape index (κ1) is 18.1. The lowest BCUT2D eigenvalue weighted by Crippen LogP contribution is -2.20. The molecule has 28 heavy (non-hydrogen) atoms. The Hall–Kier alpha value is -3.25. The van der Waals surface area contributed by atoms with Crippen LogP contribution in [0.5, 0.6) is 0 Å². The van der Waals surface area contributed by atoms with E-state index in [1.807, 2.05) is 89.5 Å². The highest BCUT2D eigenvalue weighted by Gasteiger charge is 2.16. The summed E-state index contributed by atoms with van der Waals surface area (Å²) in [7, 11) is -1.24. The molecule has 1 N–H and O–H groups in total. The molecule has 140 valence electrons. The molecule has 3 aromatic carbocycles. The number of anilines is 1. The van der Waals surface area contributed by atoms with Crippen LogP contribution in [0, 0.1) is 0 Å². The lowest BCUT2D eigenvalue weighted by molar-refractivity contribution is -0.116. The van der Waals surface area contributed by atoms with Crippen LogP contribution < -0.4 is 5.32 Å². The second kappa shape index (κ2) is 8.19.